The van der Waals surface area contributed by atoms with E-state index < -0.39 is 5.97 Å². The molecule has 2 aromatic carbocycles. The van der Waals surface area contributed by atoms with Gasteiger partial charge in [0.25, 0.3) is 5.91 Å². The monoisotopic (exact) mass is 458 g/mol. The number of carbonyl (C=O) groups is 2. The fraction of sp³-hybridized carbons (Fsp3) is 0.0500. The lowest BCUT2D eigenvalue weighted by atomic mass is 10.1. The lowest BCUT2D eigenvalue weighted by molar-refractivity contribution is 0.0663. The Balaban J connectivity index is 1.82. The molecule has 1 aromatic heterocycles. The second-order valence-corrected chi connectivity index (χ2v) is 7.21. The first-order valence-electron chi connectivity index (χ1n) is 8.16. The van der Waals surface area contributed by atoms with Gasteiger partial charge in [-0.1, -0.05) is 34.1 Å². The van der Waals surface area contributed by atoms with E-state index in [1.54, 1.807) is 36.4 Å². The Labute approximate surface area is 174 Å². The summed E-state index contributed by atoms with van der Waals surface area (Å²) in [5.41, 5.74) is 2.51. The molecular weight excluding hydrogens is 444 g/mol. The number of halogens is 1. The molecule has 0 atom stereocenters. The van der Waals surface area contributed by atoms with Gasteiger partial charge in [0.05, 0.1) is 5.69 Å². The summed E-state index contributed by atoms with van der Waals surface area (Å²) in [4.78, 5) is 23.5. The van der Waals surface area contributed by atoms with Crippen molar-refractivity contribution in [1.82, 2.24) is 5.32 Å². The molecule has 0 spiro atoms. The molecule has 1 amide bonds. The van der Waals surface area contributed by atoms with Gasteiger partial charge in [-0.2, -0.15) is 0 Å². The first-order valence-corrected chi connectivity index (χ1v) is 9.36. The quantitative estimate of drug-likeness (QED) is 0.484. The van der Waals surface area contributed by atoms with E-state index in [0.29, 0.717) is 22.6 Å². The summed E-state index contributed by atoms with van der Waals surface area (Å²) in [5, 5.41) is 14.8. The van der Waals surface area contributed by atoms with Crippen LogP contribution in [-0.2, 0) is 0 Å². The molecule has 3 rings (SSSR count). The maximum absolute atomic E-state index is 12.4. The second-order valence-electron chi connectivity index (χ2n) is 5.88. The van der Waals surface area contributed by atoms with Gasteiger partial charge < -0.3 is 14.8 Å². The number of furan rings is 1. The van der Waals surface area contributed by atoms with E-state index in [-0.39, 0.29) is 16.8 Å². The lowest BCUT2D eigenvalue weighted by Gasteiger charge is -2.13. The number of aromatic carboxylic acids is 1. The van der Waals surface area contributed by atoms with Gasteiger partial charge >= 0.3 is 5.97 Å². The molecule has 3 N–H and O–H groups in total. The number of anilines is 1. The Morgan fingerprint density at radius 2 is 1.86 bits per heavy atom. The maximum Gasteiger partial charge on any atom is 0.371 e. The predicted molar refractivity (Wildman–Crippen MR) is 114 cm³/mol. The third kappa shape index (κ3) is 4.47. The van der Waals surface area contributed by atoms with Crippen LogP contribution in [0.3, 0.4) is 0 Å². The SMILES string of the molecule is Cc1ccccc1C(=O)NC(=S)Nc1cc(Br)ccc1-c1ccc(C(=O)O)o1. The van der Waals surface area contributed by atoms with Crippen LogP contribution in [0.25, 0.3) is 11.3 Å². The van der Waals surface area contributed by atoms with Crippen molar-refractivity contribution >= 4 is 50.8 Å². The molecule has 0 saturated heterocycles. The molecule has 3 aromatic rings. The van der Waals surface area contributed by atoms with Crippen LogP contribution < -0.4 is 10.6 Å². The molecule has 0 aliphatic rings. The Hall–Kier alpha value is -2.97. The van der Waals surface area contributed by atoms with Gasteiger partial charge in [-0.3, -0.25) is 10.1 Å². The number of aryl methyl sites for hydroxylation is 1. The van der Waals surface area contributed by atoms with Crippen LogP contribution in [-0.4, -0.2) is 22.1 Å². The Kier molecular flexibility index (Phi) is 5.91. The van der Waals surface area contributed by atoms with Gasteiger partial charge in [0, 0.05) is 15.6 Å². The van der Waals surface area contributed by atoms with Crippen LogP contribution in [0.15, 0.2) is 63.5 Å². The summed E-state index contributed by atoms with van der Waals surface area (Å²) < 4.78 is 6.15. The van der Waals surface area contributed by atoms with E-state index in [1.807, 2.05) is 19.1 Å². The fourth-order valence-corrected chi connectivity index (χ4v) is 3.15. The molecule has 1 heterocycles. The Bertz CT molecular complexity index is 1080. The number of rotatable bonds is 4. The van der Waals surface area contributed by atoms with Crippen molar-refractivity contribution in [3.63, 3.8) is 0 Å². The van der Waals surface area contributed by atoms with Crippen molar-refractivity contribution in [3.05, 3.63) is 76.0 Å². The zero-order chi connectivity index (χ0) is 20.3. The average Bonchev–Trinajstić information content (AvgIpc) is 3.12. The molecule has 6 nitrogen and oxygen atoms in total. The average molecular weight is 459 g/mol. The van der Waals surface area contributed by atoms with Gasteiger partial charge in [0.1, 0.15) is 5.76 Å². The predicted octanol–water partition coefficient (Wildman–Crippen LogP) is 4.84. The van der Waals surface area contributed by atoms with Crippen molar-refractivity contribution in [2.24, 2.45) is 0 Å². The van der Waals surface area contributed by atoms with Crippen molar-refractivity contribution < 1.29 is 19.1 Å². The summed E-state index contributed by atoms with van der Waals surface area (Å²) in [7, 11) is 0. The smallest absolute Gasteiger partial charge is 0.371 e. The fourth-order valence-electron chi connectivity index (χ4n) is 2.58. The van der Waals surface area contributed by atoms with Crippen LogP contribution >= 0.6 is 28.1 Å². The number of carbonyl (C=O) groups excluding carboxylic acids is 1. The number of benzene rings is 2. The zero-order valence-corrected chi connectivity index (χ0v) is 17.1. The molecule has 0 aliphatic carbocycles. The summed E-state index contributed by atoms with van der Waals surface area (Å²) in [6.45, 7) is 1.84. The van der Waals surface area contributed by atoms with Crippen LogP contribution in [0.5, 0.6) is 0 Å². The minimum atomic E-state index is -1.15. The number of hydrogen-bond donors (Lipinski definition) is 3. The molecule has 0 radical (unpaired) electrons. The number of amides is 1. The van der Waals surface area contributed by atoms with E-state index in [9.17, 15) is 9.59 Å². The van der Waals surface area contributed by atoms with Gasteiger partial charge in [0.2, 0.25) is 5.76 Å². The van der Waals surface area contributed by atoms with Crippen molar-refractivity contribution in [2.45, 2.75) is 6.92 Å². The highest BCUT2D eigenvalue weighted by Gasteiger charge is 2.16. The second kappa shape index (κ2) is 8.37. The molecule has 0 unspecified atom stereocenters. The van der Waals surface area contributed by atoms with Gasteiger partial charge in [-0.05, 0) is 61.1 Å². The van der Waals surface area contributed by atoms with Crippen molar-refractivity contribution in [3.8, 4) is 11.3 Å². The largest absolute Gasteiger partial charge is 0.475 e. The highest BCUT2D eigenvalue weighted by atomic mass is 79.9. The van der Waals surface area contributed by atoms with E-state index in [0.717, 1.165) is 10.0 Å². The first kappa shape index (κ1) is 19.8. The molecule has 28 heavy (non-hydrogen) atoms. The third-order valence-electron chi connectivity index (χ3n) is 3.93. The van der Waals surface area contributed by atoms with E-state index in [4.69, 9.17) is 21.7 Å². The molecule has 0 saturated carbocycles. The van der Waals surface area contributed by atoms with Crippen molar-refractivity contribution in [1.29, 1.82) is 0 Å². The minimum absolute atomic E-state index is 0.109. The number of carboxylic acid groups (broad SMARTS) is 1. The third-order valence-corrected chi connectivity index (χ3v) is 4.63. The van der Waals surface area contributed by atoms with Gasteiger partial charge in [-0.25, -0.2) is 4.79 Å². The van der Waals surface area contributed by atoms with E-state index >= 15 is 0 Å². The topological polar surface area (TPSA) is 91.6 Å². The number of thiocarbonyl (C=S) groups is 1. The molecule has 8 heteroatoms. The van der Waals surface area contributed by atoms with Gasteiger partial charge in [-0.15, -0.1) is 0 Å². The van der Waals surface area contributed by atoms with Crippen LogP contribution in [0, 0.1) is 6.92 Å². The number of carboxylic acids is 1. The summed E-state index contributed by atoms with van der Waals surface area (Å²) in [5.74, 6) is -1.28. The Morgan fingerprint density at radius 1 is 1.11 bits per heavy atom. The summed E-state index contributed by atoms with van der Waals surface area (Å²) >= 11 is 8.66. The zero-order valence-electron chi connectivity index (χ0n) is 14.7. The molecule has 142 valence electrons. The Morgan fingerprint density at radius 3 is 2.54 bits per heavy atom. The standard InChI is InChI=1S/C20H15BrN2O4S/c1-11-4-2-3-5-13(11)18(24)23-20(28)22-15-10-12(21)6-7-14(15)16-8-9-17(27-16)19(25)26/h2-10H,1H3,(H,25,26)(H2,22,23,24,28). The number of nitrogens with one attached hydrogen (secondary N) is 2. The van der Waals surface area contributed by atoms with Crippen molar-refractivity contribution in [2.75, 3.05) is 5.32 Å². The molecule has 0 fully saturated rings. The lowest BCUT2D eigenvalue weighted by Crippen LogP contribution is -2.34. The van der Waals surface area contributed by atoms with E-state index in [1.165, 1.54) is 6.07 Å². The van der Waals surface area contributed by atoms with E-state index in [2.05, 4.69) is 26.6 Å². The summed E-state index contributed by atoms with van der Waals surface area (Å²) in [6, 6.07) is 15.4. The van der Waals surface area contributed by atoms with Crippen LogP contribution in [0.4, 0.5) is 5.69 Å². The highest BCUT2D eigenvalue weighted by Crippen LogP contribution is 2.32. The minimum Gasteiger partial charge on any atom is -0.475 e. The number of hydrogen-bond acceptors (Lipinski definition) is 4. The first-order chi connectivity index (χ1) is 13.3. The molecular formula is C20H15BrN2O4S. The highest BCUT2D eigenvalue weighted by molar-refractivity contribution is 9.10. The normalized spacial score (nSPS) is 10.4. The van der Waals surface area contributed by atoms with Gasteiger partial charge in [0.15, 0.2) is 5.11 Å². The summed E-state index contributed by atoms with van der Waals surface area (Å²) in [6.07, 6.45) is 0. The molecule has 0 aliphatic heterocycles. The maximum atomic E-state index is 12.4. The van der Waals surface area contributed by atoms with Crippen LogP contribution in [0.2, 0.25) is 0 Å². The molecule has 0 bridgehead atoms. The van der Waals surface area contributed by atoms with Crippen LogP contribution in [0.1, 0.15) is 26.5 Å².